The topological polar surface area (TPSA) is 22.1 Å². The van der Waals surface area contributed by atoms with Crippen LogP contribution in [0.1, 0.15) is 5.69 Å². The van der Waals surface area contributed by atoms with Gasteiger partial charge in [0, 0.05) is 21.7 Å². The SMILES string of the molecule is COc1c(-c2ccccc2)c(C)nc2ccc(Cl)cc12. The number of aryl methyl sites for hydroxylation is 1. The highest BCUT2D eigenvalue weighted by Crippen LogP contribution is 2.38. The number of benzene rings is 2. The molecule has 1 heterocycles. The molecule has 2 nitrogen and oxygen atoms in total. The molecule has 1 aromatic heterocycles. The summed E-state index contributed by atoms with van der Waals surface area (Å²) >= 11 is 6.10. The van der Waals surface area contributed by atoms with Crippen LogP contribution in [-0.4, -0.2) is 12.1 Å². The van der Waals surface area contributed by atoms with E-state index in [1.54, 1.807) is 7.11 Å². The maximum atomic E-state index is 6.10. The summed E-state index contributed by atoms with van der Waals surface area (Å²) in [4.78, 5) is 4.66. The van der Waals surface area contributed by atoms with Crippen molar-refractivity contribution in [1.82, 2.24) is 4.98 Å². The molecular weight excluding hydrogens is 270 g/mol. The average molecular weight is 284 g/mol. The molecule has 20 heavy (non-hydrogen) atoms. The van der Waals surface area contributed by atoms with Crippen molar-refractivity contribution in [3.05, 3.63) is 59.2 Å². The summed E-state index contributed by atoms with van der Waals surface area (Å²) in [6.07, 6.45) is 0. The van der Waals surface area contributed by atoms with Crippen molar-refractivity contribution >= 4 is 22.5 Å². The molecule has 0 saturated carbocycles. The van der Waals surface area contributed by atoms with Crippen LogP contribution in [0.5, 0.6) is 5.75 Å². The third-order valence-electron chi connectivity index (χ3n) is 3.35. The first-order valence-electron chi connectivity index (χ1n) is 6.40. The Morgan fingerprint density at radius 3 is 2.50 bits per heavy atom. The van der Waals surface area contributed by atoms with Gasteiger partial charge in [0.25, 0.3) is 0 Å². The van der Waals surface area contributed by atoms with Gasteiger partial charge in [0.15, 0.2) is 0 Å². The zero-order valence-corrected chi connectivity index (χ0v) is 12.1. The highest BCUT2D eigenvalue weighted by molar-refractivity contribution is 6.31. The third-order valence-corrected chi connectivity index (χ3v) is 3.58. The van der Waals surface area contributed by atoms with Crippen molar-refractivity contribution in [1.29, 1.82) is 0 Å². The van der Waals surface area contributed by atoms with Gasteiger partial charge in [-0.2, -0.15) is 0 Å². The molecule has 0 bridgehead atoms. The molecule has 0 N–H and O–H groups in total. The van der Waals surface area contributed by atoms with E-state index < -0.39 is 0 Å². The van der Waals surface area contributed by atoms with Gasteiger partial charge in [-0.25, -0.2) is 0 Å². The van der Waals surface area contributed by atoms with E-state index in [1.165, 1.54) is 0 Å². The Balaban J connectivity index is 2.39. The second kappa shape index (κ2) is 5.14. The standard InChI is InChI=1S/C17H14ClNO/c1-11-16(12-6-4-3-5-7-12)17(20-2)14-10-13(18)8-9-15(14)19-11/h3-10H,1-2H3. The Bertz CT molecular complexity index is 769. The summed E-state index contributed by atoms with van der Waals surface area (Å²) in [6.45, 7) is 2.00. The number of nitrogens with zero attached hydrogens (tertiary/aromatic N) is 1. The van der Waals surface area contributed by atoms with Crippen molar-refractivity contribution in [3.63, 3.8) is 0 Å². The lowest BCUT2D eigenvalue weighted by molar-refractivity contribution is 0.421. The Morgan fingerprint density at radius 2 is 1.80 bits per heavy atom. The summed E-state index contributed by atoms with van der Waals surface area (Å²) in [7, 11) is 1.68. The first-order chi connectivity index (χ1) is 9.70. The maximum absolute atomic E-state index is 6.10. The van der Waals surface area contributed by atoms with Crippen LogP contribution in [0.15, 0.2) is 48.5 Å². The molecular formula is C17H14ClNO. The lowest BCUT2D eigenvalue weighted by Gasteiger charge is -2.14. The first kappa shape index (κ1) is 12.9. The second-order valence-electron chi connectivity index (χ2n) is 4.63. The van der Waals surface area contributed by atoms with E-state index >= 15 is 0 Å². The normalized spacial score (nSPS) is 10.8. The highest BCUT2D eigenvalue weighted by Gasteiger charge is 2.15. The molecule has 3 rings (SSSR count). The van der Waals surface area contributed by atoms with Crippen molar-refractivity contribution in [3.8, 4) is 16.9 Å². The van der Waals surface area contributed by atoms with Crippen LogP contribution in [-0.2, 0) is 0 Å². The van der Waals surface area contributed by atoms with Crippen LogP contribution in [0.3, 0.4) is 0 Å². The lowest BCUT2D eigenvalue weighted by atomic mass is 10.0. The summed E-state index contributed by atoms with van der Waals surface area (Å²) < 4.78 is 5.65. The molecule has 3 heteroatoms. The molecule has 3 aromatic rings. The zero-order chi connectivity index (χ0) is 14.1. The van der Waals surface area contributed by atoms with E-state index in [2.05, 4.69) is 17.1 Å². The molecule has 0 atom stereocenters. The van der Waals surface area contributed by atoms with Gasteiger partial charge in [-0.3, -0.25) is 4.98 Å². The van der Waals surface area contributed by atoms with E-state index in [0.29, 0.717) is 5.02 Å². The van der Waals surface area contributed by atoms with Crippen molar-refractivity contribution in [2.75, 3.05) is 7.11 Å². The number of hydrogen-bond acceptors (Lipinski definition) is 2. The number of aromatic nitrogens is 1. The quantitative estimate of drug-likeness (QED) is 0.669. The summed E-state index contributed by atoms with van der Waals surface area (Å²) in [5, 5.41) is 1.62. The molecule has 0 radical (unpaired) electrons. The van der Waals surface area contributed by atoms with Gasteiger partial charge in [0.1, 0.15) is 5.75 Å². The van der Waals surface area contributed by atoms with Gasteiger partial charge in [-0.1, -0.05) is 41.9 Å². The fraction of sp³-hybridized carbons (Fsp3) is 0.118. The van der Waals surface area contributed by atoms with Gasteiger partial charge < -0.3 is 4.74 Å². The van der Waals surface area contributed by atoms with Crippen LogP contribution in [0.25, 0.3) is 22.0 Å². The van der Waals surface area contributed by atoms with Crippen LogP contribution in [0.2, 0.25) is 5.02 Å². The zero-order valence-electron chi connectivity index (χ0n) is 11.4. The number of pyridine rings is 1. The Hall–Kier alpha value is -2.06. The number of fused-ring (bicyclic) bond motifs is 1. The maximum Gasteiger partial charge on any atom is 0.137 e. The summed E-state index contributed by atoms with van der Waals surface area (Å²) in [6, 6.07) is 15.8. The number of halogens is 1. The Labute approximate surface area is 123 Å². The Morgan fingerprint density at radius 1 is 1.05 bits per heavy atom. The summed E-state index contributed by atoms with van der Waals surface area (Å²) in [5.74, 6) is 0.821. The van der Waals surface area contributed by atoms with Crippen LogP contribution in [0, 0.1) is 6.92 Å². The molecule has 0 unspecified atom stereocenters. The van der Waals surface area contributed by atoms with Crippen molar-refractivity contribution in [2.45, 2.75) is 6.92 Å². The fourth-order valence-corrected chi connectivity index (χ4v) is 2.65. The Kier molecular flexibility index (Phi) is 3.33. The van der Waals surface area contributed by atoms with E-state index in [9.17, 15) is 0 Å². The summed E-state index contributed by atoms with van der Waals surface area (Å²) in [5.41, 5.74) is 3.95. The number of hydrogen-bond donors (Lipinski definition) is 0. The largest absolute Gasteiger partial charge is 0.495 e. The van der Waals surface area contributed by atoms with Crippen molar-refractivity contribution in [2.24, 2.45) is 0 Å². The number of rotatable bonds is 2. The predicted octanol–water partition coefficient (Wildman–Crippen LogP) is 4.87. The molecule has 0 spiro atoms. The molecule has 0 amide bonds. The molecule has 0 aliphatic carbocycles. The second-order valence-corrected chi connectivity index (χ2v) is 5.07. The minimum Gasteiger partial charge on any atom is -0.495 e. The first-order valence-corrected chi connectivity index (χ1v) is 6.78. The van der Waals surface area contributed by atoms with E-state index in [1.807, 2.05) is 43.3 Å². The fourth-order valence-electron chi connectivity index (χ4n) is 2.48. The van der Waals surface area contributed by atoms with Gasteiger partial charge >= 0.3 is 0 Å². The van der Waals surface area contributed by atoms with Gasteiger partial charge in [0.2, 0.25) is 0 Å². The predicted molar refractivity (Wildman–Crippen MR) is 83.5 cm³/mol. The molecule has 0 aliphatic rings. The minimum absolute atomic E-state index is 0.681. The molecule has 0 saturated heterocycles. The van der Waals surface area contributed by atoms with E-state index in [4.69, 9.17) is 16.3 Å². The molecule has 100 valence electrons. The molecule has 0 aliphatic heterocycles. The molecule has 2 aromatic carbocycles. The van der Waals surface area contributed by atoms with Crippen LogP contribution in [0.4, 0.5) is 0 Å². The minimum atomic E-state index is 0.681. The lowest BCUT2D eigenvalue weighted by Crippen LogP contribution is -1.96. The number of ether oxygens (including phenoxy) is 1. The van der Waals surface area contributed by atoms with Gasteiger partial charge in [-0.05, 0) is 30.7 Å². The van der Waals surface area contributed by atoms with E-state index in [0.717, 1.165) is 33.5 Å². The smallest absolute Gasteiger partial charge is 0.137 e. The van der Waals surface area contributed by atoms with Crippen LogP contribution < -0.4 is 4.74 Å². The van der Waals surface area contributed by atoms with Gasteiger partial charge in [0.05, 0.1) is 12.6 Å². The molecule has 0 fully saturated rings. The van der Waals surface area contributed by atoms with Crippen LogP contribution >= 0.6 is 11.6 Å². The monoisotopic (exact) mass is 283 g/mol. The highest BCUT2D eigenvalue weighted by atomic mass is 35.5. The average Bonchev–Trinajstić information content (AvgIpc) is 2.47. The number of methoxy groups -OCH3 is 1. The van der Waals surface area contributed by atoms with E-state index in [-0.39, 0.29) is 0 Å². The van der Waals surface area contributed by atoms with Gasteiger partial charge in [-0.15, -0.1) is 0 Å². The van der Waals surface area contributed by atoms with Crippen molar-refractivity contribution < 1.29 is 4.74 Å². The third kappa shape index (κ3) is 2.12.